The van der Waals surface area contributed by atoms with E-state index in [4.69, 9.17) is 16.2 Å². The second-order valence-electron chi connectivity index (χ2n) is 3.13. The van der Waals surface area contributed by atoms with Crippen molar-refractivity contribution in [2.75, 3.05) is 12.3 Å². The molecule has 0 saturated heterocycles. The number of nitrogen functional groups attached to an aromatic ring is 1. The highest BCUT2D eigenvalue weighted by atomic mass is 16.5. The summed E-state index contributed by atoms with van der Waals surface area (Å²) >= 11 is 0. The molecule has 0 aliphatic carbocycles. The molecule has 0 fully saturated rings. The molecule has 5 nitrogen and oxygen atoms in total. The summed E-state index contributed by atoms with van der Waals surface area (Å²) < 4.78 is 4.79. The molecule has 0 aliphatic heterocycles. The van der Waals surface area contributed by atoms with Crippen LogP contribution >= 0.6 is 0 Å². The Kier molecular flexibility index (Phi) is 4.05. The average Bonchev–Trinajstić information content (AvgIpc) is 2.18. The number of hydrogen-bond donors (Lipinski definition) is 2. The zero-order chi connectivity index (χ0) is 11.3. The van der Waals surface area contributed by atoms with Crippen LogP contribution in [0.5, 0.6) is 0 Å². The first kappa shape index (κ1) is 11.5. The van der Waals surface area contributed by atoms with E-state index in [0.29, 0.717) is 12.4 Å². The summed E-state index contributed by atoms with van der Waals surface area (Å²) in [5, 5.41) is 0. The molecule has 1 aromatic heterocycles. The van der Waals surface area contributed by atoms with E-state index < -0.39 is 6.04 Å². The van der Waals surface area contributed by atoms with Crippen molar-refractivity contribution in [2.24, 2.45) is 5.73 Å². The van der Waals surface area contributed by atoms with Gasteiger partial charge in [-0.1, -0.05) is 6.07 Å². The lowest BCUT2D eigenvalue weighted by atomic mass is 10.1. The zero-order valence-corrected chi connectivity index (χ0v) is 8.64. The maximum Gasteiger partial charge on any atom is 0.307 e. The lowest BCUT2D eigenvalue weighted by Crippen LogP contribution is -2.17. The summed E-state index contributed by atoms with van der Waals surface area (Å²) in [5.74, 6) is 0.129. The fraction of sp³-hybridized carbons (Fsp3) is 0.400. The Balaban J connectivity index is 2.57. The lowest BCUT2D eigenvalue weighted by molar-refractivity contribution is -0.143. The van der Waals surface area contributed by atoms with Crippen LogP contribution < -0.4 is 11.5 Å². The smallest absolute Gasteiger partial charge is 0.307 e. The summed E-state index contributed by atoms with van der Waals surface area (Å²) in [4.78, 5) is 15.0. The highest BCUT2D eigenvalue weighted by Crippen LogP contribution is 2.14. The zero-order valence-electron chi connectivity index (χ0n) is 8.64. The third kappa shape index (κ3) is 3.55. The van der Waals surface area contributed by atoms with Crippen LogP contribution in [0.4, 0.5) is 5.82 Å². The number of ether oxygens (including phenoxy) is 1. The molecule has 0 saturated carbocycles. The van der Waals surface area contributed by atoms with Gasteiger partial charge in [-0.25, -0.2) is 4.98 Å². The molecule has 15 heavy (non-hydrogen) atoms. The fourth-order valence-corrected chi connectivity index (χ4v) is 1.15. The van der Waals surface area contributed by atoms with Crippen LogP contribution in [-0.4, -0.2) is 17.6 Å². The van der Waals surface area contributed by atoms with Gasteiger partial charge in [0.1, 0.15) is 5.82 Å². The first-order chi connectivity index (χ1) is 7.13. The predicted molar refractivity (Wildman–Crippen MR) is 56.8 cm³/mol. The van der Waals surface area contributed by atoms with E-state index >= 15 is 0 Å². The van der Waals surface area contributed by atoms with Gasteiger partial charge in [0.15, 0.2) is 0 Å². The van der Waals surface area contributed by atoms with Crippen LogP contribution in [0.25, 0.3) is 0 Å². The van der Waals surface area contributed by atoms with Crippen LogP contribution in [-0.2, 0) is 9.53 Å². The van der Waals surface area contributed by atoms with Crippen molar-refractivity contribution in [3.05, 3.63) is 23.9 Å². The van der Waals surface area contributed by atoms with E-state index in [1.54, 1.807) is 25.3 Å². The van der Waals surface area contributed by atoms with Crippen molar-refractivity contribution in [1.82, 2.24) is 4.98 Å². The maximum atomic E-state index is 11.1. The molecule has 0 aromatic carbocycles. The van der Waals surface area contributed by atoms with Gasteiger partial charge in [0.2, 0.25) is 0 Å². The van der Waals surface area contributed by atoms with E-state index in [1.165, 1.54) is 0 Å². The summed E-state index contributed by atoms with van der Waals surface area (Å²) in [7, 11) is 0. The number of pyridine rings is 1. The Labute approximate surface area is 88.4 Å². The molecular weight excluding hydrogens is 194 g/mol. The summed E-state index contributed by atoms with van der Waals surface area (Å²) in [6.07, 6.45) is 1.72. The van der Waals surface area contributed by atoms with Crippen molar-refractivity contribution >= 4 is 11.8 Å². The number of anilines is 1. The topological polar surface area (TPSA) is 91.2 Å². The van der Waals surface area contributed by atoms with Gasteiger partial charge in [0.05, 0.1) is 13.0 Å². The molecule has 0 bridgehead atoms. The number of carbonyl (C=O) groups excluding carboxylic acids is 1. The van der Waals surface area contributed by atoms with Gasteiger partial charge in [0.25, 0.3) is 0 Å². The average molecular weight is 209 g/mol. The van der Waals surface area contributed by atoms with E-state index in [-0.39, 0.29) is 12.4 Å². The van der Waals surface area contributed by atoms with E-state index in [1.807, 2.05) is 0 Å². The fourth-order valence-electron chi connectivity index (χ4n) is 1.15. The molecule has 1 atom stereocenters. The summed E-state index contributed by atoms with van der Waals surface area (Å²) in [6.45, 7) is 2.12. The number of carbonyl (C=O) groups is 1. The number of nitrogens with two attached hydrogens (primary N) is 2. The largest absolute Gasteiger partial charge is 0.466 e. The SMILES string of the molecule is CCOC(=O)CC(N)c1ccc(N)nc1. The van der Waals surface area contributed by atoms with Crippen molar-refractivity contribution in [1.29, 1.82) is 0 Å². The number of esters is 1. The van der Waals surface area contributed by atoms with Crippen molar-refractivity contribution in [2.45, 2.75) is 19.4 Å². The van der Waals surface area contributed by atoms with Crippen LogP contribution in [0.3, 0.4) is 0 Å². The van der Waals surface area contributed by atoms with E-state index in [9.17, 15) is 4.79 Å². The van der Waals surface area contributed by atoms with Gasteiger partial charge in [-0.05, 0) is 18.6 Å². The van der Waals surface area contributed by atoms with Gasteiger partial charge in [0, 0.05) is 12.2 Å². The number of aromatic nitrogens is 1. The number of rotatable bonds is 4. The quantitative estimate of drug-likeness (QED) is 0.709. The molecule has 1 unspecified atom stereocenters. The minimum atomic E-state index is -0.392. The highest BCUT2D eigenvalue weighted by Gasteiger charge is 2.12. The van der Waals surface area contributed by atoms with Gasteiger partial charge < -0.3 is 16.2 Å². The Morgan fingerprint density at radius 3 is 2.87 bits per heavy atom. The van der Waals surface area contributed by atoms with Gasteiger partial charge in [-0.3, -0.25) is 4.79 Å². The molecule has 0 spiro atoms. The number of nitrogens with zero attached hydrogens (tertiary/aromatic N) is 1. The van der Waals surface area contributed by atoms with Gasteiger partial charge in [-0.15, -0.1) is 0 Å². The third-order valence-electron chi connectivity index (χ3n) is 1.93. The minimum Gasteiger partial charge on any atom is -0.466 e. The van der Waals surface area contributed by atoms with E-state index in [2.05, 4.69) is 4.98 Å². The van der Waals surface area contributed by atoms with Crippen LogP contribution in [0.15, 0.2) is 18.3 Å². The molecule has 1 aromatic rings. The van der Waals surface area contributed by atoms with Crippen LogP contribution in [0, 0.1) is 0 Å². The molecule has 0 amide bonds. The van der Waals surface area contributed by atoms with Gasteiger partial charge in [-0.2, -0.15) is 0 Å². The lowest BCUT2D eigenvalue weighted by Gasteiger charge is -2.10. The first-order valence-electron chi connectivity index (χ1n) is 4.76. The minimum absolute atomic E-state index is 0.152. The monoisotopic (exact) mass is 209 g/mol. The van der Waals surface area contributed by atoms with Crippen molar-refractivity contribution < 1.29 is 9.53 Å². The van der Waals surface area contributed by atoms with E-state index in [0.717, 1.165) is 5.56 Å². The molecule has 5 heteroatoms. The maximum absolute atomic E-state index is 11.1. The number of hydrogen-bond acceptors (Lipinski definition) is 5. The van der Waals surface area contributed by atoms with Crippen LogP contribution in [0.1, 0.15) is 24.9 Å². The first-order valence-corrected chi connectivity index (χ1v) is 4.76. The highest BCUT2D eigenvalue weighted by molar-refractivity contribution is 5.70. The Morgan fingerprint density at radius 2 is 2.33 bits per heavy atom. The van der Waals surface area contributed by atoms with Gasteiger partial charge >= 0.3 is 5.97 Å². The third-order valence-corrected chi connectivity index (χ3v) is 1.93. The summed E-state index contributed by atoms with van der Waals surface area (Å²) in [5.41, 5.74) is 12.0. The molecule has 82 valence electrons. The summed E-state index contributed by atoms with van der Waals surface area (Å²) in [6, 6.07) is 3.02. The second kappa shape index (κ2) is 5.31. The molecule has 4 N–H and O–H groups in total. The second-order valence-corrected chi connectivity index (χ2v) is 3.13. The van der Waals surface area contributed by atoms with Crippen molar-refractivity contribution in [3.63, 3.8) is 0 Å². The Morgan fingerprint density at radius 1 is 1.60 bits per heavy atom. The molecule has 0 aliphatic rings. The van der Waals surface area contributed by atoms with Crippen molar-refractivity contribution in [3.8, 4) is 0 Å². The Hall–Kier alpha value is -1.62. The Bertz CT molecular complexity index is 324. The predicted octanol–water partition coefficient (Wildman–Crippen LogP) is 0.617. The van der Waals surface area contributed by atoms with Crippen LogP contribution in [0.2, 0.25) is 0 Å². The standard InChI is InChI=1S/C10H15N3O2/c1-2-15-10(14)5-8(11)7-3-4-9(12)13-6-7/h3-4,6,8H,2,5,11H2,1H3,(H2,12,13). The molecular formula is C10H15N3O2. The normalized spacial score (nSPS) is 12.1. The molecule has 1 heterocycles. The molecule has 1 rings (SSSR count). The molecule has 0 radical (unpaired) electrons.